The van der Waals surface area contributed by atoms with Gasteiger partial charge < -0.3 is 5.11 Å². The summed E-state index contributed by atoms with van der Waals surface area (Å²) in [6.07, 6.45) is -0.311. The smallest absolute Gasteiger partial charge is 0.304 e. The molecule has 0 aliphatic heterocycles. The van der Waals surface area contributed by atoms with E-state index >= 15 is 0 Å². The highest BCUT2D eigenvalue weighted by molar-refractivity contribution is 7.89. The topological polar surface area (TPSA) is 107 Å². The van der Waals surface area contributed by atoms with Gasteiger partial charge in [-0.3, -0.25) is 4.79 Å². The van der Waals surface area contributed by atoms with E-state index in [0.29, 0.717) is 0 Å². The maximum Gasteiger partial charge on any atom is 0.304 e. The van der Waals surface area contributed by atoms with Crippen molar-refractivity contribution in [3.05, 3.63) is 0 Å². The first-order chi connectivity index (χ1) is 7.08. The van der Waals surface area contributed by atoms with Crippen LogP contribution in [0.15, 0.2) is 0 Å². The SMILES string of the molecule is CC(C)(C)C(CC(=O)O)NS(=O)(=O)CC#N. The van der Waals surface area contributed by atoms with Gasteiger partial charge in [0.15, 0.2) is 5.75 Å². The Kier molecular flexibility index (Phi) is 4.90. The largest absolute Gasteiger partial charge is 0.481 e. The summed E-state index contributed by atoms with van der Waals surface area (Å²) in [5, 5.41) is 17.0. The number of nitrogens with one attached hydrogen (secondary N) is 1. The summed E-state index contributed by atoms with van der Waals surface area (Å²) in [6, 6.07) is 0.787. The monoisotopic (exact) mass is 248 g/mol. The molecular formula is C9H16N2O4S. The third-order valence-electron chi connectivity index (χ3n) is 2.00. The maximum atomic E-state index is 11.3. The van der Waals surface area contributed by atoms with E-state index < -0.39 is 33.2 Å². The zero-order chi connectivity index (χ0) is 13.0. The number of carboxylic acids is 1. The van der Waals surface area contributed by atoms with Crippen molar-refractivity contribution in [2.75, 3.05) is 5.75 Å². The van der Waals surface area contributed by atoms with E-state index in [-0.39, 0.29) is 6.42 Å². The van der Waals surface area contributed by atoms with Gasteiger partial charge >= 0.3 is 5.97 Å². The zero-order valence-electron chi connectivity index (χ0n) is 9.52. The lowest BCUT2D eigenvalue weighted by Crippen LogP contribution is -2.45. The van der Waals surface area contributed by atoms with Crippen LogP contribution in [0.4, 0.5) is 0 Å². The van der Waals surface area contributed by atoms with E-state index in [1.54, 1.807) is 20.8 Å². The summed E-state index contributed by atoms with van der Waals surface area (Å²) in [5.74, 6) is -1.75. The Labute approximate surface area is 95.3 Å². The van der Waals surface area contributed by atoms with Crippen LogP contribution in [-0.4, -0.2) is 31.3 Å². The van der Waals surface area contributed by atoms with Crippen LogP contribution < -0.4 is 4.72 Å². The minimum atomic E-state index is -3.73. The normalized spacial score (nSPS) is 14.1. The number of aliphatic carboxylic acids is 1. The summed E-state index contributed by atoms with van der Waals surface area (Å²) >= 11 is 0. The molecule has 0 aliphatic carbocycles. The summed E-state index contributed by atoms with van der Waals surface area (Å²) in [5.41, 5.74) is -0.527. The second-order valence-corrected chi connectivity index (χ2v) is 6.31. The average molecular weight is 248 g/mol. The number of carboxylic acid groups (broad SMARTS) is 1. The van der Waals surface area contributed by atoms with Gasteiger partial charge in [0.05, 0.1) is 12.5 Å². The number of hydrogen-bond acceptors (Lipinski definition) is 4. The Hall–Kier alpha value is -1.13. The van der Waals surface area contributed by atoms with Crippen LogP contribution in [0.3, 0.4) is 0 Å². The van der Waals surface area contributed by atoms with Crippen molar-refractivity contribution in [2.24, 2.45) is 5.41 Å². The first-order valence-electron chi connectivity index (χ1n) is 4.67. The van der Waals surface area contributed by atoms with Gasteiger partial charge in [-0.15, -0.1) is 0 Å². The lowest BCUT2D eigenvalue weighted by atomic mass is 9.85. The van der Waals surface area contributed by atoms with Crippen LogP contribution in [0.1, 0.15) is 27.2 Å². The van der Waals surface area contributed by atoms with Crippen LogP contribution in [0, 0.1) is 16.7 Å². The van der Waals surface area contributed by atoms with E-state index in [2.05, 4.69) is 4.72 Å². The van der Waals surface area contributed by atoms with Gasteiger partial charge in [-0.1, -0.05) is 20.8 Å². The van der Waals surface area contributed by atoms with E-state index in [0.717, 1.165) is 0 Å². The Morgan fingerprint density at radius 1 is 1.50 bits per heavy atom. The highest BCUT2D eigenvalue weighted by Gasteiger charge is 2.30. The van der Waals surface area contributed by atoms with Gasteiger partial charge in [0, 0.05) is 6.04 Å². The van der Waals surface area contributed by atoms with Crippen molar-refractivity contribution >= 4 is 16.0 Å². The molecule has 0 aromatic carbocycles. The molecule has 0 amide bonds. The van der Waals surface area contributed by atoms with Gasteiger partial charge in [-0.25, -0.2) is 13.1 Å². The molecule has 2 N–H and O–H groups in total. The highest BCUT2D eigenvalue weighted by atomic mass is 32.2. The van der Waals surface area contributed by atoms with Crippen molar-refractivity contribution in [3.8, 4) is 6.07 Å². The molecule has 0 aliphatic rings. The fourth-order valence-electron chi connectivity index (χ4n) is 1.04. The Morgan fingerprint density at radius 2 is 2.00 bits per heavy atom. The molecule has 0 rings (SSSR count). The maximum absolute atomic E-state index is 11.3. The molecule has 6 nitrogen and oxygen atoms in total. The Balaban J connectivity index is 4.83. The zero-order valence-corrected chi connectivity index (χ0v) is 10.3. The molecule has 92 valence electrons. The van der Waals surface area contributed by atoms with E-state index in [4.69, 9.17) is 10.4 Å². The molecule has 1 atom stereocenters. The molecule has 0 fully saturated rings. The second kappa shape index (κ2) is 5.27. The quantitative estimate of drug-likeness (QED) is 0.728. The van der Waals surface area contributed by atoms with E-state index in [1.165, 1.54) is 6.07 Å². The van der Waals surface area contributed by atoms with E-state index in [1.807, 2.05) is 0 Å². The summed E-state index contributed by atoms with van der Waals surface area (Å²) in [6.45, 7) is 5.19. The van der Waals surface area contributed by atoms with Crippen LogP contribution in [-0.2, 0) is 14.8 Å². The van der Waals surface area contributed by atoms with E-state index in [9.17, 15) is 13.2 Å². The molecule has 16 heavy (non-hydrogen) atoms. The number of rotatable bonds is 5. The van der Waals surface area contributed by atoms with Crippen molar-refractivity contribution in [3.63, 3.8) is 0 Å². The molecule has 0 aromatic rings. The highest BCUT2D eigenvalue weighted by Crippen LogP contribution is 2.22. The van der Waals surface area contributed by atoms with Crippen molar-refractivity contribution in [1.82, 2.24) is 4.72 Å². The lowest BCUT2D eigenvalue weighted by Gasteiger charge is -2.29. The van der Waals surface area contributed by atoms with Crippen LogP contribution in [0.5, 0.6) is 0 Å². The first kappa shape index (κ1) is 14.9. The minimum Gasteiger partial charge on any atom is -0.481 e. The predicted octanol–water partition coefficient (Wildman–Crippen LogP) is 0.319. The number of carbonyl (C=O) groups is 1. The lowest BCUT2D eigenvalue weighted by molar-refractivity contribution is -0.138. The molecule has 0 saturated heterocycles. The fraction of sp³-hybridized carbons (Fsp3) is 0.778. The van der Waals surface area contributed by atoms with Crippen molar-refractivity contribution in [2.45, 2.75) is 33.2 Å². The fourth-order valence-corrected chi connectivity index (χ4v) is 2.17. The average Bonchev–Trinajstić information content (AvgIpc) is 1.99. The van der Waals surface area contributed by atoms with Gasteiger partial charge in [0.1, 0.15) is 0 Å². The third kappa shape index (κ3) is 5.68. The molecule has 0 spiro atoms. The predicted molar refractivity (Wildman–Crippen MR) is 58.0 cm³/mol. The van der Waals surface area contributed by atoms with Crippen LogP contribution in [0.2, 0.25) is 0 Å². The number of nitriles is 1. The second-order valence-electron chi connectivity index (χ2n) is 4.55. The number of nitrogens with zero attached hydrogens (tertiary/aromatic N) is 1. The molecule has 0 bridgehead atoms. The molecule has 0 aromatic heterocycles. The van der Waals surface area contributed by atoms with Crippen LogP contribution >= 0.6 is 0 Å². The Bertz CT molecular complexity index is 389. The van der Waals surface area contributed by atoms with Gasteiger partial charge in [0.2, 0.25) is 10.0 Å². The molecule has 0 saturated carbocycles. The molecule has 1 unspecified atom stereocenters. The minimum absolute atomic E-state index is 0.311. The van der Waals surface area contributed by atoms with Gasteiger partial charge in [-0.05, 0) is 5.41 Å². The van der Waals surface area contributed by atoms with Gasteiger partial charge in [-0.2, -0.15) is 5.26 Å². The number of hydrogen-bond donors (Lipinski definition) is 2. The third-order valence-corrected chi connectivity index (χ3v) is 3.15. The van der Waals surface area contributed by atoms with Crippen molar-refractivity contribution < 1.29 is 18.3 Å². The van der Waals surface area contributed by atoms with Gasteiger partial charge in [0.25, 0.3) is 0 Å². The summed E-state index contributed by atoms with van der Waals surface area (Å²) in [4.78, 5) is 10.6. The Morgan fingerprint density at radius 3 is 2.31 bits per heavy atom. The summed E-state index contributed by atoms with van der Waals surface area (Å²) in [7, 11) is -3.73. The first-order valence-corrected chi connectivity index (χ1v) is 6.32. The van der Waals surface area contributed by atoms with Crippen molar-refractivity contribution in [1.29, 1.82) is 5.26 Å². The summed E-state index contributed by atoms with van der Waals surface area (Å²) < 4.78 is 24.9. The molecule has 7 heteroatoms. The molecule has 0 heterocycles. The molecular weight excluding hydrogens is 232 g/mol. The standard InChI is InChI=1S/C9H16N2O4S/c1-9(2,3)7(6-8(12)13)11-16(14,15)5-4-10/h7,11H,5-6H2,1-3H3,(H,12,13). The molecule has 0 radical (unpaired) electrons. The number of sulfonamides is 1. The van der Waals surface area contributed by atoms with Crippen LogP contribution in [0.25, 0.3) is 0 Å².